The first kappa shape index (κ1) is 14.0. The third-order valence-electron chi connectivity index (χ3n) is 2.45. The summed E-state index contributed by atoms with van der Waals surface area (Å²) in [7, 11) is 0. The zero-order valence-electron chi connectivity index (χ0n) is 10.5. The highest BCUT2D eigenvalue weighted by molar-refractivity contribution is 5.85. The van der Waals surface area contributed by atoms with Gasteiger partial charge >= 0.3 is 5.97 Å². The third-order valence-corrected chi connectivity index (χ3v) is 2.45. The summed E-state index contributed by atoms with van der Waals surface area (Å²) in [6.45, 7) is 5.55. The summed E-state index contributed by atoms with van der Waals surface area (Å²) in [4.78, 5) is 27.6. The van der Waals surface area contributed by atoms with E-state index < -0.39 is 5.97 Å². The number of carbonyl (C=O) groups excluding carboxylic acids is 1. The second kappa shape index (κ2) is 6.63. The lowest BCUT2D eigenvalue weighted by atomic mass is 10.3. The van der Waals surface area contributed by atoms with Crippen LogP contribution in [0.5, 0.6) is 0 Å². The van der Waals surface area contributed by atoms with Crippen molar-refractivity contribution in [2.24, 2.45) is 0 Å². The Bertz CT molecular complexity index is 412. The number of aromatic carboxylic acids is 1. The molecule has 7 heteroatoms. The SMILES string of the molecule is CCN(CC)C(=O)CCNc1nc(C(=O)O)co1. The highest BCUT2D eigenvalue weighted by atomic mass is 16.4. The van der Waals surface area contributed by atoms with Crippen LogP contribution in [0.15, 0.2) is 10.7 Å². The van der Waals surface area contributed by atoms with Crippen LogP contribution in [0.1, 0.15) is 30.8 Å². The Balaban J connectivity index is 2.37. The van der Waals surface area contributed by atoms with Gasteiger partial charge in [0.2, 0.25) is 5.91 Å². The molecule has 100 valence electrons. The summed E-state index contributed by atoms with van der Waals surface area (Å²) in [6.07, 6.45) is 1.36. The van der Waals surface area contributed by atoms with Gasteiger partial charge in [0.25, 0.3) is 6.01 Å². The number of nitrogens with one attached hydrogen (secondary N) is 1. The average Bonchev–Trinajstić information content (AvgIpc) is 2.79. The summed E-state index contributed by atoms with van der Waals surface area (Å²) in [5.41, 5.74) is -0.160. The molecule has 0 spiro atoms. The topological polar surface area (TPSA) is 95.7 Å². The first-order valence-corrected chi connectivity index (χ1v) is 5.78. The molecule has 1 aromatic heterocycles. The molecule has 0 bridgehead atoms. The standard InChI is InChI=1S/C11H17N3O4/c1-3-14(4-2)9(15)5-6-12-11-13-8(7-18-11)10(16)17/h7H,3-6H2,1-2H3,(H,12,13)(H,16,17). The first-order chi connectivity index (χ1) is 8.58. The van der Waals surface area contributed by atoms with Gasteiger partial charge in [0, 0.05) is 26.1 Å². The lowest BCUT2D eigenvalue weighted by Gasteiger charge is -2.18. The molecule has 2 N–H and O–H groups in total. The van der Waals surface area contributed by atoms with E-state index in [0.29, 0.717) is 26.1 Å². The molecule has 1 aromatic rings. The van der Waals surface area contributed by atoms with E-state index in [9.17, 15) is 9.59 Å². The molecule has 0 fully saturated rings. The van der Waals surface area contributed by atoms with Crippen molar-refractivity contribution < 1.29 is 19.1 Å². The summed E-state index contributed by atoms with van der Waals surface area (Å²) in [6, 6.07) is 0.111. The van der Waals surface area contributed by atoms with E-state index >= 15 is 0 Å². The van der Waals surface area contributed by atoms with Crippen molar-refractivity contribution in [3.63, 3.8) is 0 Å². The molecule has 0 aliphatic carbocycles. The number of carbonyl (C=O) groups is 2. The maximum Gasteiger partial charge on any atom is 0.357 e. The smallest absolute Gasteiger partial charge is 0.357 e. The number of rotatable bonds is 7. The van der Waals surface area contributed by atoms with Crippen molar-refractivity contribution >= 4 is 17.9 Å². The van der Waals surface area contributed by atoms with Gasteiger partial charge in [-0.05, 0) is 13.8 Å². The predicted molar refractivity (Wildman–Crippen MR) is 64.5 cm³/mol. The molecule has 18 heavy (non-hydrogen) atoms. The molecule has 1 heterocycles. The van der Waals surface area contributed by atoms with Crippen LogP contribution in [0.4, 0.5) is 6.01 Å². The predicted octanol–water partition coefficient (Wildman–Crippen LogP) is 1.04. The highest BCUT2D eigenvalue weighted by Gasteiger charge is 2.12. The molecular weight excluding hydrogens is 238 g/mol. The number of amides is 1. The van der Waals surface area contributed by atoms with Crippen LogP contribution < -0.4 is 5.32 Å². The van der Waals surface area contributed by atoms with Crippen molar-refractivity contribution in [3.05, 3.63) is 12.0 Å². The lowest BCUT2D eigenvalue weighted by Crippen LogP contribution is -2.31. The summed E-state index contributed by atoms with van der Waals surface area (Å²) >= 11 is 0. The minimum Gasteiger partial charge on any atom is -0.476 e. The second-order valence-electron chi connectivity index (χ2n) is 3.59. The van der Waals surface area contributed by atoms with Gasteiger partial charge in [-0.3, -0.25) is 4.79 Å². The van der Waals surface area contributed by atoms with Crippen LogP contribution in [-0.2, 0) is 4.79 Å². The normalized spacial score (nSPS) is 10.1. The molecule has 0 saturated heterocycles. The molecule has 0 radical (unpaired) electrons. The highest BCUT2D eigenvalue weighted by Crippen LogP contribution is 2.07. The van der Waals surface area contributed by atoms with Gasteiger partial charge in [0.1, 0.15) is 6.26 Å². The van der Waals surface area contributed by atoms with Crippen LogP contribution in [0.2, 0.25) is 0 Å². The minimum atomic E-state index is -1.15. The second-order valence-corrected chi connectivity index (χ2v) is 3.59. The molecule has 0 aromatic carbocycles. The summed E-state index contributed by atoms with van der Waals surface area (Å²) in [5, 5.41) is 11.4. The number of hydrogen-bond acceptors (Lipinski definition) is 5. The Morgan fingerprint density at radius 3 is 2.61 bits per heavy atom. The molecular formula is C11H17N3O4. The Labute approximate surface area is 105 Å². The van der Waals surface area contributed by atoms with Gasteiger partial charge in [-0.2, -0.15) is 4.98 Å². The van der Waals surface area contributed by atoms with Crippen LogP contribution in [-0.4, -0.2) is 46.5 Å². The van der Waals surface area contributed by atoms with E-state index in [-0.39, 0.29) is 17.6 Å². The molecule has 0 saturated carbocycles. The Morgan fingerprint density at radius 2 is 2.11 bits per heavy atom. The largest absolute Gasteiger partial charge is 0.476 e. The Hall–Kier alpha value is -2.05. The van der Waals surface area contributed by atoms with E-state index in [1.165, 1.54) is 0 Å². The quantitative estimate of drug-likeness (QED) is 0.755. The molecule has 0 aliphatic rings. The fourth-order valence-corrected chi connectivity index (χ4v) is 1.46. The Morgan fingerprint density at radius 1 is 1.44 bits per heavy atom. The van der Waals surface area contributed by atoms with Gasteiger partial charge in [0.15, 0.2) is 5.69 Å². The monoisotopic (exact) mass is 255 g/mol. The maximum atomic E-state index is 11.6. The number of carboxylic acids is 1. The fourth-order valence-electron chi connectivity index (χ4n) is 1.46. The number of aromatic nitrogens is 1. The molecule has 0 atom stereocenters. The average molecular weight is 255 g/mol. The zero-order chi connectivity index (χ0) is 13.5. The Kier molecular flexibility index (Phi) is 5.16. The van der Waals surface area contributed by atoms with E-state index in [2.05, 4.69) is 10.3 Å². The molecule has 0 aliphatic heterocycles. The number of hydrogen-bond donors (Lipinski definition) is 2. The van der Waals surface area contributed by atoms with Gasteiger partial charge in [-0.25, -0.2) is 4.79 Å². The summed E-state index contributed by atoms with van der Waals surface area (Å²) < 4.78 is 4.89. The van der Waals surface area contributed by atoms with E-state index in [1.54, 1.807) is 4.90 Å². The van der Waals surface area contributed by atoms with Crippen LogP contribution >= 0.6 is 0 Å². The third kappa shape index (κ3) is 3.76. The van der Waals surface area contributed by atoms with Gasteiger partial charge < -0.3 is 19.7 Å². The molecule has 1 amide bonds. The van der Waals surface area contributed by atoms with Crippen LogP contribution in [0.3, 0.4) is 0 Å². The first-order valence-electron chi connectivity index (χ1n) is 5.78. The number of anilines is 1. The zero-order valence-corrected chi connectivity index (χ0v) is 10.5. The van der Waals surface area contributed by atoms with Crippen molar-refractivity contribution in [1.82, 2.24) is 9.88 Å². The van der Waals surface area contributed by atoms with Crippen LogP contribution in [0, 0.1) is 0 Å². The van der Waals surface area contributed by atoms with Gasteiger partial charge in [-0.1, -0.05) is 0 Å². The number of oxazole rings is 1. The van der Waals surface area contributed by atoms with Crippen molar-refractivity contribution in [2.75, 3.05) is 25.0 Å². The van der Waals surface area contributed by atoms with E-state index in [0.717, 1.165) is 6.26 Å². The fraction of sp³-hybridized carbons (Fsp3) is 0.545. The molecule has 0 unspecified atom stereocenters. The number of nitrogens with zero attached hydrogens (tertiary/aromatic N) is 2. The lowest BCUT2D eigenvalue weighted by molar-refractivity contribution is -0.130. The maximum absolute atomic E-state index is 11.6. The van der Waals surface area contributed by atoms with Crippen LogP contribution in [0.25, 0.3) is 0 Å². The molecule has 7 nitrogen and oxygen atoms in total. The number of carboxylic acid groups (broad SMARTS) is 1. The van der Waals surface area contributed by atoms with Crippen molar-refractivity contribution in [1.29, 1.82) is 0 Å². The molecule has 1 rings (SSSR count). The van der Waals surface area contributed by atoms with Crippen molar-refractivity contribution in [3.8, 4) is 0 Å². The summed E-state index contributed by atoms with van der Waals surface area (Å²) in [5.74, 6) is -1.11. The van der Waals surface area contributed by atoms with Gasteiger partial charge in [-0.15, -0.1) is 0 Å². The van der Waals surface area contributed by atoms with E-state index in [1.807, 2.05) is 13.8 Å². The minimum absolute atomic E-state index is 0.0394. The van der Waals surface area contributed by atoms with Gasteiger partial charge in [0.05, 0.1) is 0 Å². The van der Waals surface area contributed by atoms with Crippen molar-refractivity contribution in [2.45, 2.75) is 20.3 Å². The van der Waals surface area contributed by atoms with E-state index in [4.69, 9.17) is 9.52 Å².